The van der Waals surface area contributed by atoms with E-state index in [1.165, 1.54) is 0 Å². The van der Waals surface area contributed by atoms with Crippen molar-refractivity contribution in [2.24, 2.45) is 5.92 Å². The van der Waals surface area contributed by atoms with Crippen LogP contribution in [0.1, 0.15) is 61.3 Å². The highest BCUT2D eigenvalue weighted by atomic mass is 35.5. The lowest BCUT2D eigenvalue weighted by Crippen LogP contribution is -2.46. The number of halogens is 2. The van der Waals surface area contributed by atoms with Gasteiger partial charge in [-0.3, -0.25) is 0 Å². The van der Waals surface area contributed by atoms with Crippen molar-refractivity contribution in [3.8, 4) is 5.75 Å². The van der Waals surface area contributed by atoms with E-state index in [4.69, 9.17) is 37.4 Å². The molecule has 0 aliphatic rings. The first-order valence-electron chi connectivity index (χ1n) is 10.2. The highest BCUT2D eigenvalue weighted by molar-refractivity contribution is 6.35. The largest absolute Gasteiger partial charge is 0.485 e. The zero-order valence-electron chi connectivity index (χ0n) is 18.8. The standard InChI is InChI=1S/C22H33Cl2NO5/c1-8-15(9-2)19(29-18-11-10-16(23)12-17(18)24)14(4)28-20(26)13(3)25-21(27)30-22(5,6)7/h10-15,19H,8-9H2,1-7H3,(H,25,27)/t13-,14-,19+/m0/s1. The molecule has 8 heteroatoms. The lowest BCUT2D eigenvalue weighted by atomic mass is 9.93. The summed E-state index contributed by atoms with van der Waals surface area (Å²) in [6.07, 6.45) is -0.00585. The average Bonchev–Trinajstić information content (AvgIpc) is 2.61. The molecule has 1 N–H and O–H groups in total. The van der Waals surface area contributed by atoms with E-state index in [0.29, 0.717) is 15.8 Å². The van der Waals surface area contributed by atoms with Crippen LogP contribution in [-0.2, 0) is 14.3 Å². The van der Waals surface area contributed by atoms with Gasteiger partial charge in [-0.2, -0.15) is 0 Å². The molecule has 0 aliphatic carbocycles. The number of amides is 1. The van der Waals surface area contributed by atoms with Crippen LogP contribution in [0.15, 0.2) is 18.2 Å². The molecule has 30 heavy (non-hydrogen) atoms. The summed E-state index contributed by atoms with van der Waals surface area (Å²) in [7, 11) is 0. The van der Waals surface area contributed by atoms with Gasteiger partial charge in [-0.1, -0.05) is 37.0 Å². The molecule has 3 atom stereocenters. The summed E-state index contributed by atoms with van der Waals surface area (Å²) in [6, 6.07) is 4.12. The van der Waals surface area contributed by atoms with Crippen molar-refractivity contribution in [1.29, 1.82) is 0 Å². The van der Waals surface area contributed by atoms with E-state index < -0.39 is 35.9 Å². The van der Waals surface area contributed by atoms with Crippen LogP contribution in [-0.4, -0.2) is 35.9 Å². The minimum absolute atomic E-state index is 0.133. The number of carbonyl (C=O) groups excluding carboxylic acids is 2. The molecule has 170 valence electrons. The second-order valence-corrected chi connectivity index (χ2v) is 9.09. The quantitative estimate of drug-likeness (QED) is 0.454. The molecule has 0 unspecified atom stereocenters. The maximum atomic E-state index is 12.5. The van der Waals surface area contributed by atoms with Gasteiger partial charge in [0.2, 0.25) is 0 Å². The van der Waals surface area contributed by atoms with Gasteiger partial charge in [-0.05, 0) is 71.6 Å². The number of nitrogens with one attached hydrogen (secondary N) is 1. The van der Waals surface area contributed by atoms with Gasteiger partial charge in [0.25, 0.3) is 0 Å². The van der Waals surface area contributed by atoms with Crippen LogP contribution in [0.4, 0.5) is 4.79 Å². The summed E-state index contributed by atoms with van der Waals surface area (Å²) in [5.74, 6) is 0.0320. The Morgan fingerprint density at radius 2 is 1.70 bits per heavy atom. The van der Waals surface area contributed by atoms with Gasteiger partial charge in [-0.25, -0.2) is 9.59 Å². The van der Waals surface area contributed by atoms with Crippen molar-refractivity contribution in [3.05, 3.63) is 28.2 Å². The normalized spacial score (nSPS) is 14.6. The molecular formula is C22H33Cl2NO5. The summed E-state index contributed by atoms with van der Waals surface area (Å²) < 4.78 is 17.0. The topological polar surface area (TPSA) is 73.9 Å². The number of hydrogen-bond donors (Lipinski definition) is 1. The minimum Gasteiger partial charge on any atom is -0.485 e. The van der Waals surface area contributed by atoms with E-state index in [0.717, 1.165) is 12.8 Å². The Labute approximate surface area is 189 Å². The van der Waals surface area contributed by atoms with Crippen LogP contribution in [0.25, 0.3) is 0 Å². The van der Waals surface area contributed by atoms with Crippen LogP contribution in [0.2, 0.25) is 10.0 Å². The lowest BCUT2D eigenvalue weighted by molar-refractivity contribution is -0.156. The summed E-state index contributed by atoms with van der Waals surface area (Å²) in [6.45, 7) is 12.7. The minimum atomic E-state index is -0.872. The van der Waals surface area contributed by atoms with Crippen LogP contribution >= 0.6 is 23.2 Å². The summed E-state index contributed by atoms with van der Waals surface area (Å²) >= 11 is 12.2. The SMILES string of the molecule is CCC(CC)[C@H](Oc1ccc(Cl)cc1Cl)[C@H](C)OC(=O)[C@H](C)NC(=O)OC(C)(C)C. The first kappa shape index (κ1) is 26.4. The van der Waals surface area contributed by atoms with Crippen LogP contribution in [0.3, 0.4) is 0 Å². The van der Waals surface area contributed by atoms with Gasteiger partial charge in [0, 0.05) is 5.02 Å². The molecule has 0 heterocycles. The first-order chi connectivity index (χ1) is 13.9. The molecule has 1 rings (SSSR count). The zero-order chi connectivity index (χ0) is 23.1. The smallest absolute Gasteiger partial charge is 0.408 e. The highest BCUT2D eigenvalue weighted by Gasteiger charge is 2.32. The van der Waals surface area contributed by atoms with Gasteiger partial charge in [-0.15, -0.1) is 0 Å². The number of rotatable bonds is 9. The lowest BCUT2D eigenvalue weighted by Gasteiger charge is -2.32. The molecule has 0 bridgehead atoms. The number of alkyl carbamates (subject to hydrolysis) is 1. The molecule has 1 amide bonds. The molecule has 0 radical (unpaired) electrons. The van der Waals surface area contributed by atoms with Crippen molar-refractivity contribution < 1.29 is 23.8 Å². The molecule has 0 spiro atoms. The predicted octanol–water partition coefficient (Wildman–Crippen LogP) is 6.02. The Morgan fingerprint density at radius 1 is 1.10 bits per heavy atom. The van der Waals surface area contributed by atoms with E-state index >= 15 is 0 Å². The van der Waals surface area contributed by atoms with Gasteiger partial charge in [0.1, 0.15) is 29.6 Å². The molecule has 1 aromatic rings. The number of benzene rings is 1. The molecular weight excluding hydrogens is 429 g/mol. The summed E-state index contributed by atoms with van der Waals surface area (Å²) in [4.78, 5) is 24.4. The third kappa shape index (κ3) is 8.60. The monoisotopic (exact) mass is 461 g/mol. The van der Waals surface area contributed by atoms with Crippen molar-refractivity contribution >= 4 is 35.3 Å². The van der Waals surface area contributed by atoms with Gasteiger partial charge >= 0.3 is 12.1 Å². The molecule has 0 saturated heterocycles. The number of carbonyl (C=O) groups is 2. The van der Waals surface area contributed by atoms with Crippen molar-refractivity contribution in [2.75, 3.05) is 0 Å². The third-order valence-electron chi connectivity index (χ3n) is 4.52. The number of ether oxygens (including phenoxy) is 3. The second kappa shape index (κ2) is 11.7. The fraction of sp³-hybridized carbons (Fsp3) is 0.636. The fourth-order valence-electron chi connectivity index (χ4n) is 2.94. The number of esters is 1. The fourth-order valence-corrected chi connectivity index (χ4v) is 3.39. The van der Waals surface area contributed by atoms with Gasteiger partial charge < -0.3 is 19.5 Å². The Bertz CT molecular complexity index is 716. The van der Waals surface area contributed by atoms with E-state index in [9.17, 15) is 9.59 Å². The maximum Gasteiger partial charge on any atom is 0.408 e. The Kier molecular flexibility index (Phi) is 10.2. The Balaban J connectivity index is 2.87. The van der Waals surface area contributed by atoms with Gasteiger partial charge in [0.05, 0.1) is 5.02 Å². The molecule has 0 saturated carbocycles. The summed E-state index contributed by atoms with van der Waals surface area (Å²) in [5, 5.41) is 3.38. The third-order valence-corrected chi connectivity index (χ3v) is 5.05. The zero-order valence-corrected chi connectivity index (χ0v) is 20.3. The Hall–Kier alpha value is -1.66. The first-order valence-corrected chi connectivity index (χ1v) is 10.9. The second-order valence-electron chi connectivity index (χ2n) is 8.24. The highest BCUT2D eigenvalue weighted by Crippen LogP contribution is 2.31. The van der Waals surface area contributed by atoms with Crippen LogP contribution in [0.5, 0.6) is 5.75 Å². The van der Waals surface area contributed by atoms with Crippen LogP contribution in [0, 0.1) is 5.92 Å². The predicted molar refractivity (Wildman–Crippen MR) is 119 cm³/mol. The van der Waals surface area contributed by atoms with E-state index in [1.807, 2.05) is 0 Å². The van der Waals surface area contributed by atoms with Gasteiger partial charge in [0.15, 0.2) is 0 Å². The van der Waals surface area contributed by atoms with Crippen molar-refractivity contribution in [1.82, 2.24) is 5.32 Å². The van der Waals surface area contributed by atoms with E-state index in [-0.39, 0.29) is 5.92 Å². The average molecular weight is 462 g/mol. The number of hydrogen-bond acceptors (Lipinski definition) is 5. The summed E-state index contributed by atoms with van der Waals surface area (Å²) in [5.41, 5.74) is -0.659. The van der Waals surface area contributed by atoms with Crippen molar-refractivity contribution in [3.63, 3.8) is 0 Å². The van der Waals surface area contributed by atoms with E-state index in [1.54, 1.807) is 52.8 Å². The van der Waals surface area contributed by atoms with Crippen molar-refractivity contribution in [2.45, 2.75) is 85.2 Å². The molecule has 0 aliphatic heterocycles. The van der Waals surface area contributed by atoms with E-state index in [2.05, 4.69) is 19.2 Å². The Morgan fingerprint density at radius 3 is 2.20 bits per heavy atom. The molecule has 1 aromatic carbocycles. The molecule has 0 aromatic heterocycles. The van der Waals surface area contributed by atoms with Crippen LogP contribution < -0.4 is 10.1 Å². The molecule has 0 fully saturated rings. The maximum absolute atomic E-state index is 12.5. The molecule has 6 nitrogen and oxygen atoms in total.